The van der Waals surface area contributed by atoms with E-state index in [2.05, 4.69) is 0 Å². The highest BCUT2D eigenvalue weighted by Crippen LogP contribution is 2.29. The number of hydrogen-bond acceptors (Lipinski definition) is 5. The molecule has 3 rings (SSSR count). The number of fused-ring (bicyclic) bond motifs is 1. The second kappa shape index (κ2) is 7.04. The van der Waals surface area contributed by atoms with Gasteiger partial charge in [0, 0.05) is 22.1 Å². The van der Waals surface area contributed by atoms with Gasteiger partial charge in [0.15, 0.2) is 12.4 Å². The lowest BCUT2D eigenvalue weighted by molar-refractivity contribution is 0.0921. The summed E-state index contributed by atoms with van der Waals surface area (Å²) < 4.78 is 16.3. The van der Waals surface area contributed by atoms with Crippen LogP contribution in [-0.4, -0.2) is 19.5 Å². The minimum absolute atomic E-state index is 0.116. The van der Waals surface area contributed by atoms with Gasteiger partial charge in [-0.05, 0) is 50.6 Å². The van der Waals surface area contributed by atoms with Crippen LogP contribution in [0.4, 0.5) is 0 Å². The van der Waals surface area contributed by atoms with E-state index in [0.29, 0.717) is 33.8 Å². The lowest BCUT2D eigenvalue weighted by Gasteiger charge is -2.12. The maximum atomic E-state index is 12.4. The largest absolute Gasteiger partial charge is 0.497 e. The Morgan fingerprint density at radius 3 is 2.54 bits per heavy atom. The lowest BCUT2D eigenvalue weighted by Crippen LogP contribution is -2.12. The van der Waals surface area contributed by atoms with E-state index in [1.54, 1.807) is 44.4 Å². The second-order valence-electron chi connectivity index (χ2n) is 6.15. The highest BCUT2D eigenvalue weighted by atomic mass is 16.5. The van der Waals surface area contributed by atoms with Crippen LogP contribution in [0.2, 0.25) is 0 Å². The van der Waals surface area contributed by atoms with E-state index in [1.807, 2.05) is 19.9 Å². The minimum atomic E-state index is -0.359. The minimum Gasteiger partial charge on any atom is -0.497 e. The molecule has 0 saturated heterocycles. The van der Waals surface area contributed by atoms with E-state index in [-0.39, 0.29) is 18.0 Å². The first-order valence-corrected chi connectivity index (χ1v) is 8.26. The topological polar surface area (TPSA) is 65.7 Å². The molecule has 0 unspecified atom stereocenters. The molecule has 0 amide bonds. The molecule has 1 heterocycles. The molecule has 2 aromatic carbocycles. The zero-order valence-corrected chi connectivity index (χ0v) is 15.2. The van der Waals surface area contributed by atoms with E-state index in [4.69, 9.17) is 13.9 Å². The average molecular weight is 352 g/mol. The Hall–Kier alpha value is -3.08. The van der Waals surface area contributed by atoms with Crippen molar-refractivity contribution < 1.29 is 18.7 Å². The van der Waals surface area contributed by atoms with E-state index in [0.717, 1.165) is 10.9 Å². The molecular formula is C21H20O5. The van der Waals surface area contributed by atoms with Crippen LogP contribution in [0.5, 0.6) is 11.5 Å². The van der Waals surface area contributed by atoms with Crippen LogP contribution in [0.15, 0.2) is 45.6 Å². The number of carbonyl (C=O) groups excluding carboxylic acids is 1. The molecule has 3 aromatic rings. The molecule has 0 fully saturated rings. The zero-order valence-electron chi connectivity index (χ0n) is 15.2. The Balaban J connectivity index is 1.87. The van der Waals surface area contributed by atoms with Gasteiger partial charge in [-0.1, -0.05) is 12.1 Å². The third-order valence-electron chi connectivity index (χ3n) is 4.57. The summed E-state index contributed by atoms with van der Waals surface area (Å²) in [6.07, 6.45) is 0. The normalized spacial score (nSPS) is 10.8. The molecule has 5 nitrogen and oxygen atoms in total. The van der Waals surface area contributed by atoms with Crippen LogP contribution in [-0.2, 0) is 0 Å². The Morgan fingerprint density at radius 2 is 1.81 bits per heavy atom. The molecule has 0 saturated carbocycles. The van der Waals surface area contributed by atoms with Gasteiger partial charge in [0.2, 0.25) is 0 Å². The molecule has 0 bridgehead atoms. The molecule has 1 aromatic heterocycles. The van der Waals surface area contributed by atoms with Gasteiger partial charge in [-0.15, -0.1) is 0 Å². The maximum Gasteiger partial charge on any atom is 0.339 e. The van der Waals surface area contributed by atoms with Crippen LogP contribution in [0, 0.1) is 20.8 Å². The Labute approximate surface area is 151 Å². The van der Waals surface area contributed by atoms with Gasteiger partial charge >= 0.3 is 5.63 Å². The summed E-state index contributed by atoms with van der Waals surface area (Å²) in [4.78, 5) is 24.3. The van der Waals surface area contributed by atoms with E-state index < -0.39 is 0 Å². The molecule has 0 spiro atoms. The molecular weight excluding hydrogens is 332 g/mol. The first-order chi connectivity index (χ1) is 12.4. The fraction of sp³-hybridized carbons (Fsp3) is 0.238. The van der Waals surface area contributed by atoms with Gasteiger partial charge in [0.05, 0.1) is 7.11 Å². The molecule has 0 radical (unpaired) electrons. The van der Waals surface area contributed by atoms with E-state index in [9.17, 15) is 9.59 Å². The van der Waals surface area contributed by atoms with Gasteiger partial charge in [-0.2, -0.15) is 0 Å². The van der Waals surface area contributed by atoms with Gasteiger partial charge < -0.3 is 13.9 Å². The van der Waals surface area contributed by atoms with Crippen LogP contribution in [0.25, 0.3) is 11.0 Å². The van der Waals surface area contributed by atoms with Crippen molar-refractivity contribution in [3.05, 3.63) is 69.1 Å². The molecule has 134 valence electrons. The van der Waals surface area contributed by atoms with Crippen molar-refractivity contribution in [1.29, 1.82) is 0 Å². The summed E-state index contributed by atoms with van der Waals surface area (Å²) in [6.45, 7) is 5.33. The third kappa shape index (κ3) is 3.20. The molecule has 26 heavy (non-hydrogen) atoms. The monoisotopic (exact) mass is 352 g/mol. The number of methoxy groups -OCH3 is 1. The zero-order chi connectivity index (χ0) is 18.8. The summed E-state index contributed by atoms with van der Waals surface area (Å²) >= 11 is 0. The van der Waals surface area contributed by atoms with Gasteiger partial charge in [0.25, 0.3) is 0 Å². The number of aryl methyl sites for hydroxylation is 2. The van der Waals surface area contributed by atoms with Crippen LogP contribution in [0.1, 0.15) is 27.0 Å². The SMILES string of the molecule is COc1cccc(C(=O)COc2ccc3c(C)c(C)c(=O)oc3c2C)c1. The molecule has 5 heteroatoms. The summed E-state index contributed by atoms with van der Waals surface area (Å²) in [5.41, 5.74) is 2.83. The lowest BCUT2D eigenvalue weighted by atomic mass is 10.0. The number of carbonyl (C=O) groups is 1. The van der Waals surface area contributed by atoms with Crippen molar-refractivity contribution in [3.63, 3.8) is 0 Å². The molecule has 0 N–H and O–H groups in total. The number of ether oxygens (including phenoxy) is 2. The van der Waals surface area contributed by atoms with Crippen molar-refractivity contribution >= 4 is 16.8 Å². The number of ketones is 1. The van der Waals surface area contributed by atoms with Crippen LogP contribution < -0.4 is 15.1 Å². The fourth-order valence-electron chi connectivity index (χ4n) is 2.80. The number of hydrogen-bond donors (Lipinski definition) is 0. The smallest absolute Gasteiger partial charge is 0.339 e. The van der Waals surface area contributed by atoms with Crippen molar-refractivity contribution in [2.75, 3.05) is 13.7 Å². The van der Waals surface area contributed by atoms with Gasteiger partial charge in [0.1, 0.15) is 17.1 Å². The Kier molecular flexibility index (Phi) is 4.80. The van der Waals surface area contributed by atoms with Gasteiger partial charge in [-0.3, -0.25) is 4.79 Å². The van der Waals surface area contributed by atoms with E-state index >= 15 is 0 Å². The quantitative estimate of drug-likeness (QED) is 0.513. The Morgan fingerprint density at radius 1 is 1.04 bits per heavy atom. The summed E-state index contributed by atoms with van der Waals surface area (Å²) in [5, 5.41) is 0.867. The van der Waals surface area contributed by atoms with Crippen molar-refractivity contribution in [1.82, 2.24) is 0 Å². The average Bonchev–Trinajstić information content (AvgIpc) is 2.66. The van der Waals surface area contributed by atoms with Crippen LogP contribution >= 0.6 is 0 Å². The predicted octanol–water partition coefficient (Wildman–Crippen LogP) is 3.99. The first kappa shape index (κ1) is 17.7. The number of benzene rings is 2. The predicted molar refractivity (Wildman–Crippen MR) is 99.5 cm³/mol. The van der Waals surface area contributed by atoms with Crippen molar-refractivity contribution in [3.8, 4) is 11.5 Å². The molecule has 0 aliphatic heterocycles. The van der Waals surface area contributed by atoms with Gasteiger partial charge in [-0.25, -0.2) is 4.79 Å². The highest BCUT2D eigenvalue weighted by Gasteiger charge is 2.14. The second-order valence-corrected chi connectivity index (χ2v) is 6.15. The first-order valence-electron chi connectivity index (χ1n) is 8.26. The highest BCUT2D eigenvalue weighted by molar-refractivity contribution is 5.97. The summed E-state index contributed by atoms with van der Waals surface area (Å²) in [5.74, 6) is 0.968. The standard InChI is InChI=1S/C21H20O5/c1-12-13(2)21(23)26-20-14(3)19(9-8-17(12)20)25-11-18(22)15-6-5-7-16(10-15)24-4/h5-10H,11H2,1-4H3. The summed E-state index contributed by atoms with van der Waals surface area (Å²) in [6, 6.07) is 10.6. The van der Waals surface area contributed by atoms with Crippen LogP contribution in [0.3, 0.4) is 0 Å². The molecule has 0 aliphatic rings. The third-order valence-corrected chi connectivity index (χ3v) is 4.57. The fourth-order valence-corrected chi connectivity index (χ4v) is 2.80. The molecule has 0 atom stereocenters. The van der Waals surface area contributed by atoms with E-state index in [1.165, 1.54) is 0 Å². The van der Waals surface area contributed by atoms with Crippen molar-refractivity contribution in [2.24, 2.45) is 0 Å². The summed E-state index contributed by atoms with van der Waals surface area (Å²) in [7, 11) is 1.55. The van der Waals surface area contributed by atoms with Crippen molar-refractivity contribution in [2.45, 2.75) is 20.8 Å². The number of rotatable bonds is 5. The number of Topliss-reactive ketones (excluding diaryl/α,β-unsaturated/α-hetero) is 1. The Bertz CT molecular complexity index is 1050. The molecule has 0 aliphatic carbocycles. The maximum absolute atomic E-state index is 12.4.